The van der Waals surface area contributed by atoms with Crippen LogP contribution in [0.1, 0.15) is 18.7 Å². The first-order chi connectivity index (χ1) is 7.18. The molecule has 15 heavy (non-hydrogen) atoms. The van der Waals surface area contributed by atoms with Gasteiger partial charge in [-0.15, -0.1) is 11.3 Å². The van der Waals surface area contributed by atoms with E-state index in [0.717, 1.165) is 15.2 Å². The number of hydrogen-bond donors (Lipinski definition) is 1. The van der Waals surface area contributed by atoms with Gasteiger partial charge in [0.1, 0.15) is 10.7 Å². The topological polar surface area (TPSA) is 46.0 Å². The molecule has 1 atom stereocenters. The lowest BCUT2D eigenvalue weighted by Gasteiger charge is -1.99. The largest absolute Gasteiger partial charge is 0.387 e. The highest BCUT2D eigenvalue weighted by atomic mass is 79.9. The highest BCUT2D eigenvalue weighted by molar-refractivity contribution is 9.10. The standard InChI is InChI=1S/C10H9BrN2OS/c1-6(14)8-5-15-10(13-8)9-7(11)3-2-4-12-9/h2-6,14H,1H3. The monoisotopic (exact) mass is 284 g/mol. The zero-order valence-electron chi connectivity index (χ0n) is 8.01. The smallest absolute Gasteiger partial charge is 0.143 e. The third-order valence-electron chi connectivity index (χ3n) is 1.91. The van der Waals surface area contributed by atoms with Crippen molar-refractivity contribution in [1.82, 2.24) is 9.97 Å². The first kappa shape index (κ1) is 10.7. The second kappa shape index (κ2) is 4.38. The minimum Gasteiger partial charge on any atom is -0.387 e. The van der Waals surface area contributed by atoms with Crippen LogP contribution in [0.25, 0.3) is 10.7 Å². The molecular weight excluding hydrogens is 276 g/mol. The van der Waals surface area contributed by atoms with Gasteiger partial charge >= 0.3 is 0 Å². The van der Waals surface area contributed by atoms with Gasteiger partial charge in [-0.25, -0.2) is 4.98 Å². The number of aliphatic hydroxyl groups excluding tert-OH is 1. The molecule has 0 saturated carbocycles. The zero-order chi connectivity index (χ0) is 10.8. The molecule has 1 unspecified atom stereocenters. The van der Waals surface area contributed by atoms with Gasteiger partial charge in [0, 0.05) is 16.0 Å². The van der Waals surface area contributed by atoms with E-state index in [1.54, 1.807) is 13.1 Å². The molecule has 2 heterocycles. The van der Waals surface area contributed by atoms with Crippen LogP contribution in [-0.4, -0.2) is 15.1 Å². The van der Waals surface area contributed by atoms with E-state index in [-0.39, 0.29) is 0 Å². The molecule has 0 saturated heterocycles. The van der Waals surface area contributed by atoms with Crippen molar-refractivity contribution in [1.29, 1.82) is 0 Å². The molecule has 0 amide bonds. The van der Waals surface area contributed by atoms with Gasteiger partial charge < -0.3 is 5.11 Å². The summed E-state index contributed by atoms with van der Waals surface area (Å²) in [5.41, 5.74) is 1.50. The third kappa shape index (κ3) is 2.25. The van der Waals surface area contributed by atoms with Crippen molar-refractivity contribution in [2.75, 3.05) is 0 Å². The Hall–Kier alpha value is -0.780. The molecule has 2 aromatic heterocycles. The number of pyridine rings is 1. The molecular formula is C10H9BrN2OS. The fourth-order valence-electron chi connectivity index (χ4n) is 1.13. The Labute approximate surface area is 100.0 Å². The fourth-order valence-corrected chi connectivity index (χ4v) is 2.62. The highest BCUT2D eigenvalue weighted by Crippen LogP contribution is 2.29. The van der Waals surface area contributed by atoms with Crippen LogP contribution in [0.4, 0.5) is 0 Å². The van der Waals surface area contributed by atoms with Crippen molar-refractivity contribution in [2.24, 2.45) is 0 Å². The van der Waals surface area contributed by atoms with Crippen molar-refractivity contribution < 1.29 is 5.11 Å². The fraction of sp³-hybridized carbons (Fsp3) is 0.200. The van der Waals surface area contributed by atoms with E-state index in [9.17, 15) is 5.11 Å². The predicted octanol–water partition coefficient (Wildman–Crippen LogP) is 3.02. The van der Waals surface area contributed by atoms with Crippen LogP contribution in [0.15, 0.2) is 28.2 Å². The summed E-state index contributed by atoms with van der Waals surface area (Å²) in [6.07, 6.45) is 1.20. The van der Waals surface area contributed by atoms with E-state index >= 15 is 0 Å². The summed E-state index contributed by atoms with van der Waals surface area (Å²) in [5.74, 6) is 0. The molecule has 0 aromatic carbocycles. The second-order valence-corrected chi connectivity index (χ2v) is 4.80. The lowest BCUT2D eigenvalue weighted by molar-refractivity contribution is 0.195. The summed E-state index contributed by atoms with van der Waals surface area (Å²) in [5, 5.41) is 12.0. The molecule has 0 aliphatic rings. The number of hydrogen-bond acceptors (Lipinski definition) is 4. The first-order valence-corrected chi connectivity index (χ1v) is 6.10. The van der Waals surface area contributed by atoms with E-state index < -0.39 is 6.10 Å². The summed E-state index contributed by atoms with van der Waals surface area (Å²) in [7, 11) is 0. The number of aliphatic hydroxyl groups is 1. The van der Waals surface area contributed by atoms with Gasteiger partial charge in [0.05, 0.1) is 11.8 Å². The average Bonchev–Trinajstić information content (AvgIpc) is 2.67. The normalized spacial score (nSPS) is 12.7. The summed E-state index contributed by atoms with van der Waals surface area (Å²) in [6, 6.07) is 3.78. The van der Waals surface area contributed by atoms with Gasteiger partial charge in [0.15, 0.2) is 0 Å². The lowest BCUT2D eigenvalue weighted by Crippen LogP contribution is -1.91. The molecule has 1 N–H and O–H groups in total. The minimum atomic E-state index is -0.530. The van der Waals surface area contributed by atoms with Crippen molar-refractivity contribution >= 4 is 27.3 Å². The minimum absolute atomic E-state index is 0.530. The van der Waals surface area contributed by atoms with Crippen LogP contribution >= 0.6 is 27.3 Å². The van der Waals surface area contributed by atoms with E-state index in [4.69, 9.17) is 0 Å². The molecule has 0 spiro atoms. The van der Waals surface area contributed by atoms with E-state index in [1.807, 2.05) is 17.5 Å². The predicted molar refractivity (Wildman–Crippen MR) is 63.7 cm³/mol. The Balaban J connectivity index is 2.42. The van der Waals surface area contributed by atoms with Gasteiger partial charge in [-0.3, -0.25) is 4.98 Å². The van der Waals surface area contributed by atoms with Gasteiger partial charge in [-0.1, -0.05) is 0 Å². The van der Waals surface area contributed by atoms with Crippen LogP contribution in [-0.2, 0) is 0 Å². The summed E-state index contributed by atoms with van der Waals surface area (Å²) in [4.78, 5) is 8.56. The number of aromatic nitrogens is 2. The Morgan fingerprint density at radius 2 is 2.33 bits per heavy atom. The molecule has 2 aromatic rings. The Morgan fingerprint density at radius 3 is 2.93 bits per heavy atom. The molecule has 5 heteroatoms. The average molecular weight is 285 g/mol. The van der Waals surface area contributed by atoms with Crippen LogP contribution in [0.2, 0.25) is 0 Å². The highest BCUT2D eigenvalue weighted by Gasteiger charge is 2.11. The van der Waals surface area contributed by atoms with Crippen LogP contribution in [0.3, 0.4) is 0 Å². The maximum atomic E-state index is 9.37. The number of rotatable bonds is 2. The van der Waals surface area contributed by atoms with E-state index in [1.165, 1.54) is 11.3 Å². The molecule has 0 fully saturated rings. The summed E-state index contributed by atoms with van der Waals surface area (Å²) >= 11 is 4.90. The van der Waals surface area contributed by atoms with Crippen LogP contribution in [0.5, 0.6) is 0 Å². The maximum Gasteiger partial charge on any atom is 0.143 e. The van der Waals surface area contributed by atoms with Gasteiger partial charge in [0.25, 0.3) is 0 Å². The quantitative estimate of drug-likeness (QED) is 0.922. The zero-order valence-corrected chi connectivity index (χ0v) is 10.4. The van der Waals surface area contributed by atoms with Gasteiger partial charge in [-0.05, 0) is 35.0 Å². The number of halogens is 1. The molecule has 0 bridgehead atoms. The Kier molecular flexibility index (Phi) is 3.14. The SMILES string of the molecule is CC(O)c1csc(-c2ncccc2Br)n1. The van der Waals surface area contributed by atoms with E-state index in [2.05, 4.69) is 25.9 Å². The first-order valence-electron chi connectivity index (χ1n) is 4.43. The summed E-state index contributed by atoms with van der Waals surface area (Å²) < 4.78 is 0.913. The van der Waals surface area contributed by atoms with Crippen molar-refractivity contribution in [2.45, 2.75) is 13.0 Å². The van der Waals surface area contributed by atoms with Gasteiger partial charge in [-0.2, -0.15) is 0 Å². The molecule has 0 radical (unpaired) electrons. The molecule has 0 aliphatic heterocycles. The van der Waals surface area contributed by atoms with Crippen LogP contribution in [0, 0.1) is 0 Å². The number of thiazole rings is 1. The van der Waals surface area contributed by atoms with Crippen molar-refractivity contribution in [3.05, 3.63) is 33.9 Å². The van der Waals surface area contributed by atoms with Crippen molar-refractivity contribution in [3.63, 3.8) is 0 Å². The van der Waals surface area contributed by atoms with Gasteiger partial charge in [0.2, 0.25) is 0 Å². The Bertz CT molecular complexity index is 470. The summed E-state index contributed by atoms with van der Waals surface area (Å²) in [6.45, 7) is 1.70. The van der Waals surface area contributed by atoms with E-state index in [0.29, 0.717) is 5.69 Å². The third-order valence-corrected chi connectivity index (χ3v) is 3.42. The maximum absolute atomic E-state index is 9.37. The molecule has 78 valence electrons. The number of nitrogens with zero attached hydrogens (tertiary/aromatic N) is 2. The molecule has 2 rings (SSSR count). The molecule has 3 nitrogen and oxygen atoms in total. The second-order valence-electron chi connectivity index (χ2n) is 3.09. The lowest BCUT2D eigenvalue weighted by atomic mass is 10.3. The Morgan fingerprint density at radius 1 is 1.53 bits per heavy atom. The van der Waals surface area contributed by atoms with Crippen molar-refractivity contribution in [3.8, 4) is 10.7 Å². The molecule has 0 aliphatic carbocycles. The van der Waals surface area contributed by atoms with Crippen LogP contribution < -0.4 is 0 Å².